The predicted molar refractivity (Wildman–Crippen MR) is 121 cm³/mol. The second kappa shape index (κ2) is 8.75. The lowest BCUT2D eigenvalue weighted by atomic mass is 10.1. The third-order valence-corrected chi connectivity index (χ3v) is 5.84. The highest BCUT2D eigenvalue weighted by Gasteiger charge is 2.19. The molecule has 0 spiro atoms. The third-order valence-electron chi connectivity index (χ3n) is 4.88. The molecule has 0 bridgehead atoms. The molecule has 2 heterocycles. The molecule has 0 N–H and O–H groups in total. The number of hydrogen-bond acceptors (Lipinski definition) is 9. The van der Waals surface area contributed by atoms with E-state index < -0.39 is 0 Å². The van der Waals surface area contributed by atoms with Crippen molar-refractivity contribution in [3.05, 3.63) is 50.8 Å². The first-order chi connectivity index (χ1) is 15.5. The molecule has 32 heavy (non-hydrogen) atoms. The molecule has 0 aliphatic carbocycles. The van der Waals surface area contributed by atoms with E-state index in [9.17, 15) is 4.79 Å². The molecule has 0 aliphatic rings. The fourth-order valence-corrected chi connectivity index (χ4v) is 4.27. The van der Waals surface area contributed by atoms with Crippen LogP contribution in [0.1, 0.15) is 5.56 Å². The van der Waals surface area contributed by atoms with Crippen molar-refractivity contribution in [1.29, 1.82) is 0 Å². The number of benzene rings is 2. The number of fused-ring (bicyclic) bond motifs is 1. The highest BCUT2D eigenvalue weighted by molar-refractivity contribution is 7.15. The molecule has 0 radical (unpaired) electrons. The van der Waals surface area contributed by atoms with E-state index in [0.29, 0.717) is 49.6 Å². The fourth-order valence-electron chi connectivity index (χ4n) is 3.35. The Kier molecular flexibility index (Phi) is 5.87. The van der Waals surface area contributed by atoms with Crippen molar-refractivity contribution in [2.24, 2.45) is 0 Å². The zero-order valence-electron chi connectivity index (χ0n) is 18.2. The molecule has 0 fully saturated rings. The largest absolute Gasteiger partial charge is 0.493 e. The summed E-state index contributed by atoms with van der Waals surface area (Å²) in [7, 11) is 7.72. The Morgan fingerprint density at radius 1 is 0.812 bits per heavy atom. The van der Waals surface area contributed by atoms with Crippen molar-refractivity contribution in [1.82, 2.24) is 14.6 Å². The van der Waals surface area contributed by atoms with E-state index in [0.717, 1.165) is 5.56 Å². The average Bonchev–Trinajstić information content (AvgIpc) is 3.37. The zero-order chi connectivity index (χ0) is 22.8. The minimum absolute atomic E-state index is 0.228. The quantitative estimate of drug-likeness (QED) is 0.420. The molecule has 166 valence electrons. The second-order valence-corrected chi connectivity index (χ2v) is 7.59. The molecule has 0 saturated carbocycles. The average molecular weight is 455 g/mol. The van der Waals surface area contributed by atoms with Crippen LogP contribution in [0.15, 0.2) is 35.1 Å². The Labute approximate surface area is 187 Å². The van der Waals surface area contributed by atoms with E-state index >= 15 is 0 Å². The van der Waals surface area contributed by atoms with Crippen LogP contribution in [0.4, 0.5) is 0 Å². The summed E-state index contributed by atoms with van der Waals surface area (Å²) in [4.78, 5) is 13.7. The second-order valence-electron chi connectivity index (χ2n) is 6.59. The Morgan fingerprint density at radius 2 is 1.47 bits per heavy atom. The van der Waals surface area contributed by atoms with Gasteiger partial charge in [-0.3, -0.25) is 4.79 Å². The number of thiazole rings is 1. The fraction of sp³-hybridized carbons (Fsp3) is 0.227. The van der Waals surface area contributed by atoms with E-state index in [1.54, 1.807) is 44.6 Å². The van der Waals surface area contributed by atoms with Gasteiger partial charge < -0.3 is 23.7 Å². The van der Waals surface area contributed by atoms with Gasteiger partial charge in [-0.25, -0.2) is 4.40 Å². The van der Waals surface area contributed by atoms with Crippen molar-refractivity contribution in [2.75, 3.05) is 35.5 Å². The van der Waals surface area contributed by atoms with Crippen LogP contribution in [0, 0.1) is 0 Å². The third kappa shape index (κ3) is 3.58. The first-order valence-electron chi connectivity index (χ1n) is 9.46. The number of nitrogens with zero attached hydrogens (tertiary/aromatic N) is 3. The van der Waals surface area contributed by atoms with Crippen molar-refractivity contribution in [3.8, 4) is 40.1 Å². The van der Waals surface area contributed by atoms with Crippen LogP contribution in [0.2, 0.25) is 0 Å². The molecule has 0 amide bonds. The van der Waals surface area contributed by atoms with Gasteiger partial charge in [-0.1, -0.05) is 17.4 Å². The van der Waals surface area contributed by atoms with E-state index in [2.05, 4.69) is 10.2 Å². The van der Waals surface area contributed by atoms with Crippen LogP contribution in [0.3, 0.4) is 0 Å². The van der Waals surface area contributed by atoms with Gasteiger partial charge in [0.1, 0.15) is 0 Å². The van der Waals surface area contributed by atoms with Gasteiger partial charge >= 0.3 is 0 Å². The smallest absolute Gasteiger partial charge is 0.276 e. The summed E-state index contributed by atoms with van der Waals surface area (Å²) in [6.07, 6.45) is 1.78. The summed E-state index contributed by atoms with van der Waals surface area (Å²) in [5.74, 6) is 2.94. The molecular formula is C22H21N3O6S. The summed E-state index contributed by atoms with van der Waals surface area (Å²) >= 11 is 1.25. The van der Waals surface area contributed by atoms with E-state index in [1.807, 2.05) is 6.07 Å². The lowest BCUT2D eigenvalue weighted by Gasteiger charge is -2.13. The number of aromatic nitrogens is 3. The lowest BCUT2D eigenvalue weighted by Crippen LogP contribution is -2.23. The SMILES string of the molecule is COc1ccc(/C=c2\sc3nnc(-c4cc(OC)c(OC)c(OC)c4)n3c2=O)cc1OC. The Balaban J connectivity index is 1.87. The molecule has 0 atom stereocenters. The van der Waals surface area contributed by atoms with Crippen LogP contribution in [0.25, 0.3) is 22.4 Å². The van der Waals surface area contributed by atoms with E-state index in [4.69, 9.17) is 23.7 Å². The van der Waals surface area contributed by atoms with Crippen molar-refractivity contribution in [2.45, 2.75) is 0 Å². The van der Waals surface area contributed by atoms with Gasteiger partial charge in [-0.05, 0) is 35.9 Å². The van der Waals surface area contributed by atoms with E-state index in [1.165, 1.54) is 37.1 Å². The highest BCUT2D eigenvalue weighted by atomic mass is 32.1. The highest BCUT2D eigenvalue weighted by Crippen LogP contribution is 2.40. The van der Waals surface area contributed by atoms with Gasteiger partial charge in [0.25, 0.3) is 5.56 Å². The summed E-state index contributed by atoms with van der Waals surface area (Å²) in [5, 5.41) is 8.40. The molecule has 0 unspecified atom stereocenters. The van der Waals surface area contributed by atoms with Crippen molar-refractivity contribution >= 4 is 22.4 Å². The number of hydrogen-bond donors (Lipinski definition) is 0. The van der Waals surface area contributed by atoms with Crippen molar-refractivity contribution < 1.29 is 23.7 Å². The molecule has 10 heteroatoms. The predicted octanol–water partition coefficient (Wildman–Crippen LogP) is 2.41. The Bertz CT molecular complexity index is 1370. The van der Waals surface area contributed by atoms with Crippen LogP contribution in [-0.4, -0.2) is 50.1 Å². The van der Waals surface area contributed by atoms with Crippen LogP contribution < -0.4 is 33.8 Å². The van der Waals surface area contributed by atoms with Gasteiger partial charge in [0.15, 0.2) is 28.8 Å². The van der Waals surface area contributed by atoms with Gasteiger partial charge in [0.2, 0.25) is 10.7 Å². The first kappa shape index (κ1) is 21.4. The molecule has 9 nitrogen and oxygen atoms in total. The van der Waals surface area contributed by atoms with Gasteiger partial charge in [0, 0.05) is 5.56 Å². The molecular weight excluding hydrogens is 434 g/mol. The summed E-state index contributed by atoms with van der Waals surface area (Å²) in [6, 6.07) is 8.90. The topological polar surface area (TPSA) is 93.4 Å². The maximum Gasteiger partial charge on any atom is 0.276 e. The Morgan fingerprint density at radius 3 is 2.06 bits per heavy atom. The maximum absolute atomic E-state index is 13.2. The maximum atomic E-state index is 13.2. The number of methoxy groups -OCH3 is 5. The lowest BCUT2D eigenvalue weighted by molar-refractivity contribution is 0.324. The zero-order valence-corrected chi connectivity index (χ0v) is 19.0. The van der Waals surface area contributed by atoms with Gasteiger partial charge in [-0.2, -0.15) is 0 Å². The van der Waals surface area contributed by atoms with Crippen LogP contribution in [-0.2, 0) is 0 Å². The number of ether oxygens (including phenoxy) is 5. The van der Waals surface area contributed by atoms with Gasteiger partial charge in [0.05, 0.1) is 40.1 Å². The monoisotopic (exact) mass is 455 g/mol. The normalized spacial score (nSPS) is 11.6. The summed E-state index contributed by atoms with van der Waals surface area (Å²) in [5.41, 5.74) is 1.18. The van der Waals surface area contributed by atoms with Crippen LogP contribution >= 0.6 is 11.3 Å². The van der Waals surface area contributed by atoms with Crippen LogP contribution in [0.5, 0.6) is 28.7 Å². The minimum atomic E-state index is -0.228. The summed E-state index contributed by atoms with van der Waals surface area (Å²) in [6.45, 7) is 0. The standard InChI is InChI=1S/C22H21N3O6S/c1-27-14-7-6-12(8-15(14)28-2)9-18-21(26)25-20(23-24-22(25)32-18)13-10-16(29-3)19(31-5)17(11-13)30-4/h6-11H,1-5H3/b18-9-. The molecule has 2 aromatic heterocycles. The Hall–Kier alpha value is -3.79. The molecule has 0 saturated heterocycles. The minimum Gasteiger partial charge on any atom is -0.493 e. The number of rotatable bonds is 7. The molecule has 0 aliphatic heterocycles. The molecule has 4 aromatic rings. The van der Waals surface area contributed by atoms with Gasteiger partial charge in [-0.15, -0.1) is 10.2 Å². The van der Waals surface area contributed by atoms with Crippen molar-refractivity contribution in [3.63, 3.8) is 0 Å². The summed E-state index contributed by atoms with van der Waals surface area (Å²) < 4.78 is 28.8. The van der Waals surface area contributed by atoms with E-state index in [-0.39, 0.29) is 5.56 Å². The molecule has 2 aromatic carbocycles. The molecule has 4 rings (SSSR count). The first-order valence-corrected chi connectivity index (χ1v) is 10.3.